The molecule has 1 atom stereocenters. The van der Waals surface area contributed by atoms with Crippen molar-refractivity contribution in [3.63, 3.8) is 0 Å². The Labute approximate surface area is 177 Å². The first-order chi connectivity index (χ1) is 14.5. The molecule has 4 rings (SSSR count). The summed E-state index contributed by atoms with van der Waals surface area (Å²) in [5.41, 5.74) is 1.49. The summed E-state index contributed by atoms with van der Waals surface area (Å²) in [7, 11) is 0. The molecule has 150 valence electrons. The third-order valence-electron chi connectivity index (χ3n) is 4.97. The number of Topliss-reactive ketones (excluding diaryl/α,β-unsaturated/α-hetero) is 1. The maximum absolute atomic E-state index is 13.2. The van der Waals surface area contributed by atoms with Crippen molar-refractivity contribution >= 4 is 29.1 Å². The molecule has 2 heterocycles. The number of phenols is 1. The van der Waals surface area contributed by atoms with Crippen molar-refractivity contribution in [1.29, 1.82) is 0 Å². The molecule has 1 saturated heterocycles. The minimum Gasteiger partial charge on any atom is -0.872 e. The molecule has 2 N–H and O–H groups in total. The number of carbonyl (C=O) groups is 2. The van der Waals surface area contributed by atoms with E-state index in [1.165, 1.54) is 29.2 Å². The number of phenolic OH excluding ortho intramolecular Hbond substituents is 1. The lowest BCUT2D eigenvalue weighted by Gasteiger charge is -2.27. The second-order valence-corrected chi connectivity index (χ2v) is 7.35. The Balaban J connectivity index is 1.85. The molecule has 30 heavy (non-hydrogen) atoms. The van der Waals surface area contributed by atoms with Gasteiger partial charge in [0.15, 0.2) is 12.4 Å². The fourth-order valence-corrected chi connectivity index (χ4v) is 3.64. The summed E-state index contributed by atoms with van der Waals surface area (Å²) in [5.74, 6) is -2.04. The van der Waals surface area contributed by atoms with Gasteiger partial charge in [0.2, 0.25) is 5.78 Å². The molecule has 1 amide bonds. The van der Waals surface area contributed by atoms with Crippen LogP contribution in [0.4, 0.5) is 0 Å². The van der Waals surface area contributed by atoms with E-state index in [2.05, 4.69) is 4.98 Å². The van der Waals surface area contributed by atoms with E-state index >= 15 is 0 Å². The Bertz CT molecular complexity index is 1130. The van der Waals surface area contributed by atoms with Crippen LogP contribution in [-0.2, 0) is 16.1 Å². The van der Waals surface area contributed by atoms with Crippen LogP contribution in [0.1, 0.15) is 22.7 Å². The number of pyridine rings is 1. The van der Waals surface area contributed by atoms with Gasteiger partial charge in [-0.05, 0) is 41.5 Å². The van der Waals surface area contributed by atoms with Crippen molar-refractivity contribution in [2.45, 2.75) is 12.6 Å². The zero-order valence-electron chi connectivity index (χ0n) is 15.7. The topological polar surface area (TPSA) is 94.8 Å². The third kappa shape index (κ3) is 3.65. The van der Waals surface area contributed by atoms with E-state index < -0.39 is 23.5 Å². The van der Waals surface area contributed by atoms with Crippen LogP contribution in [0.3, 0.4) is 0 Å². The number of likely N-dealkylation sites (tertiary alicyclic amines) is 1. The summed E-state index contributed by atoms with van der Waals surface area (Å²) < 4.78 is 0. The van der Waals surface area contributed by atoms with Crippen LogP contribution in [-0.4, -0.2) is 21.7 Å². The van der Waals surface area contributed by atoms with Gasteiger partial charge in [-0.15, -0.1) is 0 Å². The molecule has 1 aliphatic rings. The first-order valence-corrected chi connectivity index (χ1v) is 9.60. The van der Waals surface area contributed by atoms with Gasteiger partial charge in [-0.3, -0.25) is 9.59 Å². The van der Waals surface area contributed by atoms with Crippen LogP contribution in [0.5, 0.6) is 5.75 Å². The summed E-state index contributed by atoms with van der Waals surface area (Å²) in [4.78, 5) is 30.1. The number of aromatic hydroxyl groups is 1. The number of aromatic nitrogens is 1. The van der Waals surface area contributed by atoms with Crippen LogP contribution in [0.25, 0.3) is 5.76 Å². The van der Waals surface area contributed by atoms with E-state index in [0.717, 1.165) is 5.56 Å². The first-order valence-electron chi connectivity index (χ1n) is 9.22. The van der Waals surface area contributed by atoms with E-state index in [0.29, 0.717) is 10.6 Å². The van der Waals surface area contributed by atoms with E-state index in [9.17, 15) is 19.8 Å². The standard InChI is InChI=1S/C23H17ClN2O4/c24-17-7-3-16(4-8-17)21(28)19-20(15-5-9-18(27)10-6-15)26(23(30)22(19)29)13-14-2-1-11-25-12-14/h1-12,20,27-28H,13H2. The van der Waals surface area contributed by atoms with Crippen molar-refractivity contribution < 1.29 is 24.8 Å². The number of carbonyl (C=O) groups excluding carboxylic acids is 2. The lowest BCUT2D eigenvalue weighted by Crippen LogP contribution is -2.29. The zero-order chi connectivity index (χ0) is 21.3. The highest BCUT2D eigenvalue weighted by molar-refractivity contribution is 6.46. The largest absolute Gasteiger partial charge is 0.872 e. The molecule has 0 radical (unpaired) electrons. The number of hydrogen-bond acceptors (Lipinski definition) is 4. The molecule has 0 saturated carbocycles. The summed E-state index contributed by atoms with van der Waals surface area (Å²) >= 11 is 5.91. The molecule has 3 aromatic rings. The minimum atomic E-state index is -0.867. The van der Waals surface area contributed by atoms with Gasteiger partial charge in [-0.25, -0.2) is 4.98 Å². The van der Waals surface area contributed by atoms with Crippen LogP contribution in [0.2, 0.25) is 5.02 Å². The van der Waals surface area contributed by atoms with Gasteiger partial charge in [0, 0.05) is 22.2 Å². The SMILES string of the molecule is O=C1C(=O)N(Cc2ccc[nH+]c2)C(c2ccc(O)cc2)C1=C([O-])c1ccc(Cl)cc1. The smallest absolute Gasteiger partial charge is 0.295 e. The Morgan fingerprint density at radius 2 is 1.77 bits per heavy atom. The van der Waals surface area contributed by atoms with Crippen molar-refractivity contribution in [2.75, 3.05) is 0 Å². The summed E-state index contributed by atoms with van der Waals surface area (Å²) in [6.45, 7) is 0.144. The van der Waals surface area contributed by atoms with Gasteiger partial charge < -0.3 is 15.1 Å². The predicted molar refractivity (Wildman–Crippen MR) is 108 cm³/mol. The fraction of sp³-hybridized carbons (Fsp3) is 0.0870. The average Bonchev–Trinajstić information content (AvgIpc) is 3.00. The number of benzene rings is 2. The number of hydrogen-bond donors (Lipinski definition) is 1. The summed E-state index contributed by atoms with van der Waals surface area (Å²) in [6, 6.07) is 15.0. The van der Waals surface area contributed by atoms with E-state index in [-0.39, 0.29) is 23.4 Å². The quantitative estimate of drug-likeness (QED) is 0.398. The number of amides is 1. The Kier molecular flexibility index (Phi) is 5.25. The highest BCUT2D eigenvalue weighted by Crippen LogP contribution is 2.40. The van der Waals surface area contributed by atoms with Crippen LogP contribution in [0, 0.1) is 0 Å². The maximum Gasteiger partial charge on any atom is 0.295 e. The summed E-state index contributed by atoms with van der Waals surface area (Å²) in [5, 5.41) is 23.3. The van der Waals surface area contributed by atoms with Crippen LogP contribution >= 0.6 is 11.6 Å². The molecule has 0 aliphatic carbocycles. The molecular formula is C23H17ClN2O4. The van der Waals surface area contributed by atoms with Crippen LogP contribution < -0.4 is 10.1 Å². The predicted octanol–water partition coefficient (Wildman–Crippen LogP) is 2.28. The normalized spacial score (nSPS) is 18.0. The monoisotopic (exact) mass is 420 g/mol. The number of nitrogens with one attached hydrogen (secondary N) is 1. The van der Waals surface area contributed by atoms with Crippen LogP contribution in [0.15, 0.2) is 78.6 Å². The summed E-state index contributed by atoms with van der Waals surface area (Å²) in [6.07, 6.45) is 3.46. The van der Waals surface area contributed by atoms with Crippen molar-refractivity contribution in [1.82, 2.24) is 4.90 Å². The molecule has 1 unspecified atom stereocenters. The van der Waals surface area contributed by atoms with Gasteiger partial charge in [0.05, 0.1) is 12.6 Å². The maximum atomic E-state index is 13.2. The highest BCUT2D eigenvalue weighted by Gasteiger charge is 2.44. The van der Waals surface area contributed by atoms with Crippen molar-refractivity contribution in [2.24, 2.45) is 0 Å². The molecule has 0 bridgehead atoms. The lowest BCUT2D eigenvalue weighted by atomic mass is 9.95. The number of ketones is 1. The Hall–Kier alpha value is -3.64. The van der Waals surface area contributed by atoms with E-state index in [4.69, 9.17) is 11.6 Å². The molecule has 6 nitrogen and oxygen atoms in total. The minimum absolute atomic E-state index is 0.0455. The molecule has 2 aromatic carbocycles. The molecule has 1 fully saturated rings. The van der Waals surface area contributed by atoms with Crippen molar-refractivity contribution in [3.8, 4) is 5.75 Å². The first kappa shape index (κ1) is 19.7. The number of halogens is 1. The second-order valence-electron chi connectivity index (χ2n) is 6.92. The number of H-pyrrole nitrogens is 1. The number of aromatic amines is 1. The van der Waals surface area contributed by atoms with Gasteiger partial charge in [0.25, 0.3) is 5.91 Å². The van der Waals surface area contributed by atoms with E-state index in [1.807, 2.05) is 6.07 Å². The molecule has 0 spiro atoms. The third-order valence-corrected chi connectivity index (χ3v) is 5.22. The van der Waals surface area contributed by atoms with Gasteiger partial charge in [-0.2, -0.15) is 0 Å². The molecule has 7 heteroatoms. The number of rotatable bonds is 4. The molecule has 1 aliphatic heterocycles. The van der Waals surface area contributed by atoms with Gasteiger partial charge in [0.1, 0.15) is 5.75 Å². The van der Waals surface area contributed by atoms with Gasteiger partial charge in [-0.1, -0.05) is 41.6 Å². The van der Waals surface area contributed by atoms with Gasteiger partial charge >= 0.3 is 0 Å². The number of nitrogens with zero attached hydrogens (tertiary/aromatic N) is 1. The Morgan fingerprint density at radius 1 is 1.07 bits per heavy atom. The average molecular weight is 421 g/mol. The lowest BCUT2D eigenvalue weighted by molar-refractivity contribution is -0.378. The second kappa shape index (κ2) is 8.00. The molecule has 1 aromatic heterocycles. The van der Waals surface area contributed by atoms with E-state index in [1.54, 1.807) is 42.7 Å². The fourth-order valence-electron chi connectivity index (χ4n) is 3.52. The van der Waals surface area contributed by atoms with Crippen molar-refractivity contribution in [3.05, 3.63) is 100 Å². The molecular weight excluding hydrogens is 404 g/mol. The zero-order valence-corrected chi connectivity index (χ0v) is 16.5. The Morgan fingerprint density at radius 3 is 2.40 bits per heavy atom. The highest BCUT2D eigenvalue weighted by atomic mass is 35.5.